The van der Waals surface area contributed by atoms with Crippen LogP contribution in [0, 0.1) is 0 Å². The second kappa shape index (κ2) is 14.7. The molecule has 0 bridgehead atoms. The van der Waals surface area contributed by atoms with Crippen LogP contribution < -0.4 is 9.62 Å². The lowest BCUT2D eigenvalue weighted by Gasteiger charge is -2.35. The fraction of sp³-hybridized carbons (Fsp3) is 0.355. The van der Waals surface area contributed by atoms with Crippen molar-refractivity contribution < 1.29 is 18.0 Å². The summed E-state index contributed by atoms with van der Waals surface area (Å²) in [5, 5.41) is 3.37. The third kappa shape index (κ3) is 8.72. The predicted octanol–water partition coefficient (Wildman–Crippen LogP) is 6.61. The quantitative estimate of drug-likeness (QED) is 0.245. The van der Waals surface area contributed by atoms with Gasteiger partial charge in [0.15, 0.2) is 0 Å². The van der Waals surface area contributed by atoms with E-state index in [4.69, 9.17) is 23.2 Å². The van der Waals surface area contributed by atoms with Crippen LogP contribution in [0.2, 0.25) is 10.0 Å². The topological polar surface area (TPSA) is 86.8 Å². The van der Waals surface area contributed by atoms with Crippen molar-refractivity contribution in [3.05, 3.63) is 98.4 Å². The maximum absolute atomic E-state index is 14.2. The number of nitrogens with one attached hydrogen (secondary N) is 1. The van der Waals surface area contributed by atoms with Crippen molar-refractivity contribution in [2.24, 2.45) is 0 Å². The normalized spacial score (nSPS) is 14.7. The number of carbonyl (C=O) groups excluding carboxylic acids is 2. The number of rotatable bonds is 11. The van der Waals surface area contributed by atoms with E-state index in [1.54, 1.807) is 12.1 Å². The van der Waals surface area contributed by atoms with Gasteiger partial charge in [0.2, 0.25) is 21.8 Å². The van der Waals surface area contributed by atoms with Gasteiger partial charge in [-0.1, -0.05) is 107 Å². The van der Waals surface area contributed by atoms with Crippen LogP contribution in [0.15, 0.2) is 77.3 Å². The number of nitrogens with zero attached hydrogens (tertiary/aromatic N) is 2. The van der Waals surface area contributed by atoms with Crippen LogP contribution in [0.3, 0.4) is 0 Å². The summed E-state index contributed by atoms with van der Waals surface area (Å²) in [7, 11) is -3.96. The Morgan fingerprint density at radius 3 is 2.29 bits per heavy atom. The van der Waals surface area contributed by atoms with Crippen LogP contribution in [0.25, 0.3) is 0 Å². The summed E-state index contributed by atoms with van der Waals surface area (Å²) in [6.45, 7) is -0.469. The lowest BCUT2D eigenvalue weighted by atomic mass is 9.94. The van der Waals surface area contributed by atoms with Gasteiger partial charge in [-0.2, -0.15) is 0 Å². The molecular weight excluding hydrogens is 661 g/mol. The number of sulfonamides is 1. The number of amides is 2. The molecule has 42 heavy (non-hydrogen) atoms. The van der Waals surface area contributed by atoms with Crippen molar-refractivity contribution in [2.45, 2.75) is 57.2 Å². The van der Waals surface area contributed by atoms with E-state index in [0.29, 0.717) is 0 Å². The number of anilines is 1. The van der Waals surface area contributed by atoms with Gasteiger partial charge in [-0.25, -0.2) is 8.42 Å². The van der Waals surface area contributed by atoms with Crippen LogP contribution in [0.5, 0.6) is 0 Å². The van der Waals surface area contributed by atoms with Gasteiger partial charge >= 0.3 is 0 Å². The molecule has 0 spiro atoms. The van der Waals surface area contributed by atoms with E-state index in [-0.39, 0.29) is 40.6 Å². The van der Waals surface area contributed by atoms with Gasteiger partial charge in [0.25, 0.3) is 0 Å². The number of hydrogen-bond donors (Lipinski definition) is 1. The van der Waals surface area contributed by atoms with Gasteiger partial charge in [0.05, 0.1) is 22.0 Å². The highest BCUT2D eigenvalue weighted by molar-refractivity contribution is 9.10. The Labute approximate surface area is 266 Å². The van der Waals surface area contributed by atoms with Gasteiger partial charge in [-0.3, -0.25) is 13.9 Å². The Balaban J connectivity index is 1.74. The summed E-state index contributed by atoms with van der Waals surface area (Å²) in [6.07, 6.45) is 6.26. The molecule has 0 unspecified atom stereocenters. The molecule has 0 radical (unpaired) electrons. The molecule has 3 aromatic rings. The van der Waals surface area contributed by atoms with Crippen molar-refractivity contribution in [2.75, 3.05) is 17.1 Å². The number of benzene rings is 3. The molecule has 1 aliphatic rings. The monoisotopic (exact) mass is 693 g/mol. The molecular formula is C31H34BrCl2N3O4S. The molecule has 0 aliphatic heterocycles. The summed E-state index contributed by atoms with van der Waals surface area (Å²) >= 11 is 16.1. The van der Waals surface area contributed by atoms with E-state index >= 15 is 0 Å². The zero-order chi connectivity index (χ0) is 30.3. The second-order valence-corrected chi connectivity index (χ2v) is 14.2. The average Bonchev–Trinajstić information content (AvgIpc) is 2.95. The zero-order valence-electron chi connectivity index (χ0n) is 23.3. The molecule has 11 heteroatoms. The molecule has 4 rings (SSSR count). The van der Waals surface area contributed by atoms with Crippen molar-refractivity contribution in [3.8, 4) is 0 Å². The Morgan fingerprint density at radius 1 is 0.952 bits per heavy atom. The Kier molecular flexibility index (Phi) is 11.3. The van der Waals surface area contributed by atoms with E-state index in [1.165, 1.54) is 11.0 Å². The first-order chi connectivity index (χ1) is 20.0. The predicted molar refractivity (Wildman–Crippen MR) is 172 cm³/mol. The summed E-state index contributed by atoms with van der Waals surface area (Å²) in [6, 6.07) is 20.7. The Bertz CT molecular complexity index is 1500. The largest absolute Gasteiger partial charge is 0.352 e. The van der Waals surface area contributed by atoms with E-state index in [2.05, 4.69) is 21.2 Å². The maximum atomic E-state index is 14.2. The smallest absolute Gasteiger partial charge is 0.244 e. The molecule has 1 atom stereocenters. The highest BCUT2D eigenvalue weighted by Gasteiger charge is 2.34. The molecule has 7 nitrogen and oxygen atoms in total. The number of hydrogen-bond acceptors (Lipinski definition) is 4. The Morgan fingerprint density at radius 2 is 1.62 bits per heavy atom. The Hall–Kier alpha value is -2.59. The molecule has 0 saturated heterocycles. The molecule has 3 aromatic carbocycles. The maximum Gasteiger partial charge on any atom is 0.244 e. The molecule has 1 fully saturated rings. The fourth-order valence-electron chi connectivity index (χ4n) is 5.21. The van der Waals surface area contributed by atoms with Crippen molar-refractivity contribution >= 4 is 66.7 Å². The van der Waals surface area contributed by atoms with Crippen LogP contribution in [0.1, 0.15) is 43.2 Å². The molecule has 0 aromatic heterocycles. The average molecular weight is 696 g/mol. The van der Waals surface area contributed by atoms with E-state index < -0.39 is 28.5 Å². The fourth-order valence-corrected chi connectivity index (χ4v) is 6.96. The highest BCUT2D eigenvalue weighted by atomic mass is 79.9. The van der Waals surface area contributed by atoms with Crippen LogP contribution >= 0.6 is 39.1 Å². The van der Waals surface area contributed by atoms with Crippen molar-refractivity contribution in [1.29, 1.82) is 0 Å². The lowest BCUT2D eigenvalue weighted by Crippen LogP contribution is -2.55. The molecule has 1 saturated carbocycles. The number of halogens is 3. The summed E-state index contributed by atoms with van der Waals surface area (Å²) in [5.41, 5.74) is 1.76. The van der Waals surface area contributed by atoms with E-state index in [0.717, 1.165) is 58.3 Å². The zero-order valence-corrected chi connectivity index (χ0v) is 27.2. The van der Waals surface area contributed by atoms with Gasteiger partial charge < -0.3 is 10.2 Å². The van der Waals surface area contributed by atoms with E-state index in [1.807, 2.05) is 54.6 Å². The lowest BCUT2D eigenvalue weighted by molar-refractivity contribution is -0.140. The minimum atomic E-state index is -3.96. The minimum absolute atomic E-state index is 0.0202. The van der Waals surface area contributed by atoms with Crippen LogP contribution in [0.4, 0.5) is 5.69 Å². The summed E-state index contributed by atoms with van der Waals surface area (Å²) in [4.78, 5) is 29.7. The first-order valence-electron chi connectivity index (χ1n) is 13.8. The minimum Gasteiger partial charge on any atom is -0.352 e. The highest BCUT2D eigenvalue weighted by Crippen LogP contribution is 2.34. The molecule has 2 amide bonds. The standard InChI is InChI=1S/C31H34BrCl2N3O4S/c1-42(40,41)37(27-17-9-16-26(33)30(27)34)21-29(38)36(20-23-12-8-13-24(32)18-23)28(19-22-10-4-2-5-11-22)31(39)35-25-14-6-3-7-15-25/h2,4-5,8-13,16-18,25,28H,3,6-7,14-15,19-21H2,1H3,(H,35,39)/t28-/m0/s1. The SMILES string of the molecule is CS(=O)(=O)N(CC(=O)N(Cc1cccc(Br)c1)[C@@H](Cc1ccccc1)C(=O)NC1CCCCC1)c1cccc(Cl)c1Cl. The summed E-state index contributed by atoms with van der Waals surface area (Å²) < 4.78 is 27.7. The van der Waals surface area contributed by atoms with Gasteiger partial charge in [0.1, 0.15) is 12.6 Å². The first-order valence-corrected chi connectivity index (χ1v) is 17.2. The molecule has 0 heterocycles. The van der Waals surface area contributed by atoms with Gasteiger partial charge in [-0.05, 0) is 48.2 Å². The van der Waals surface area contributed by atoms with Gasteiger partial charge in [0, 0.05) is 23.5 Å². The third-order valence-corrected chi connectivity index (χ3v) is 9.77. The second-order valence-electron chi connectivity index (χ2n) is 10.5. The molecule has 224 valence electrons. The molecule has 1 N–H and O–H groups in total. The molecule has 1 aliphatic carbocycles. The summed E-state index contributed by atoms with van der Waals surface area (Å²) in [5.74, 6) is -0.808. The van der Waals surface area contributed by atoms with Crippen LogP contribution in [-0.2, 0) is 32.6 Å². The van der Waals surface area contributed by atoms with Gasteiger partial charge in [-0.15, -0.1) is 0 Å². The first kappa shape index (κ1) is 32.3. The van der Waals surface area contributed by atoms with Crippen molar-refractivity contribution in [3.63, 3.8) is 0 Å². The number of carbonyl (C=O) groups is 2. The third-order valence-electron chi connectivity index (χ3n) is 7.34. The van der Waals surface area contributed by atoms with E-state index in [9.17, 15) is 18.0 Å². The van der Waals surface area contributed by atoms with Crippen molar-refractivity contribution in [1.82, 2.24) is 10.2 Å². The van der Waals surface area contributed by atoms with Crippen LogP contribution in [-0.4, -0.2) is 50.0 Å².